The summed E-state index contributed by atoms with van der Waals surface area (Å²) in [6, 6.07) is 3.33. The number of hydrogen-bond acceptors (Lipinski definition) is 5. The van der Waals surface area contributed by atoms with Gasteiger partial charge in [-0.25, -0.2) is 0 Å². The number of nitrogens with one attached hydrogen (secondary N) is 1. The zero-order chi connectivity index (χ0) is 13.4. The topological polar surface area (TPSA) is 64.4 Å². The largest absolute Gasteiger partial charge is 0.380 e. The second-order valence-corrected chi connectivity index (χ2v) is 5.62. The van der Waals surface area contributed by atoms with Gasteiger partial charge < -0.3 is 10.1 Å². The first kappa shape index (κ1) is 15.1. The van der Waals surface area contributed by atoms with Crippen LogP contribution >= 0.6 is 11.3 Å². The Morgan fingerprint density at radius 3 is 2.83 bits per heavy atom. The molecule has 0 saturated heterocycles. The first-order valence-corrected chi connectivity index (χ1v) is 6.93. The molecule has 0 fully saturated rings. The van der Waals surface area contributed by atoms with Crippen molar-refractivity contribution in [1.82, 2.24) is 5.32 Å². The second kappa shape index (κ2) is 8.18. The molecular weight excluding hydrogens is 252 g/mol. The Kier molecular flexibility index (Phi) is 6.85. The van der Waals surface area contributed by atoms with Gasteiger partial charge in [-0.1, -0.05) is 25.2 Å². The Labute approximate surface area is 111 Å². The van der Waals surface area contributed by atoms with Crippen LogP contribution in [0.5, 0.6) is 0 Å². The van der Waals surface area contributed by atoms with Gasteiger partial charge in [0.25, 0.3) is 0 Å². The van der Waals surface area contributed by atoms with Crippen molar-refractivity contribution in [3.05, 3.63) is 27.1 Å². The summed E-state index contributed by atoms with van der Waals surface area (Å²) in [7, 11) is 0. The van der Waals surface area contributed by atoms with Crippen LogP contribution in [0.15, 0.2) is 12.1 Å². The fourth-order valence-electron chi connectivity index (χ4n) is 1.34. The lowest BCUT2D eigenvalue weighted by atomic mass is 10.1. The van der Waals surface area contributed by atoms with E-state index in [1.54, 1.807) is 12.1 Å². The minimum atomic E-state index is -0.358. The van der Waals surface area contributed by atoms with Gasteiger partial charge >= 0.3 is 5.00 Å². The molecule has 0 spiro atoms. The lowest BCUT2D eigenvalue weighted by Gasteiger charge is -2.06. The smallest absolute Gasteiger partial charge is 0.324 e. The summed E-state index contributed by atoms with van der Waals surface area (Å²) >= 11 is 1.21. The molecule has 0 saturated carbocycles. The van der Waals surface area contributed by atoms with Gasteiger partial charge in [0.1, 0.15) is 0 Å². The Morgan fingerprint density at radius 1 is 1.44 bits per heavy atom. The molecule has 0 atom stereocenters. The number of nitrogens with zero attached hydrogens (tertiary/aromatic N) is 1. The third-order valence-electron chi connectivity index (χ3n) is 2.39. The average molecular weight is 272 g/mol. The van der Waals surface area contributed by atoms with Crippen LogP contribution in [0.3, 0.4) is 0 Å². The van der Waals surface area contributed by atoms with E-state index >= 15 is 0 Å². The molecular formula is C12H20N2O3S. The van der Waals surface area contributed by atoms with Crippen LogP contribution in [0, 0.1) is 16.0 Å². The first-order chi connectivity index (χ1) is 8.59. The summed E-state index contributed by atoms with van der Waals surface area (Å²) in [4.78, 5) is 11.1. The van der Waals surface area contributed by atoms with Crippen molar-refractivity contribution >= 4 is 16.3 Å². The van der Waals surface area contributed by atoms with E-state index in [4.69, 9.17) is 4.74 Å². The third kappa shape index (κ3) is 6.09. The Morgan fingerprint density at radius 2 is 2.22 bits per heavy atom. The van der Waals surface area contributed by atoms with E-state index in [1.807, 2.05) is 0 Å². The zero-order valence-electron chi connectivity index (χ0n) is 10.8. The minimum absolute atomic E-state index is 0.194. The van der Waals surface area contributed by atoms with Gasteiger partial charge in [-0.15, -0.1) is 0 Å². The van der Waals surface area contributed by atoms with E-state index in [2.05, 4.69) is 19.2 Å². The lowest BCUT2D eigenvalue weighted by Crippen LogP contribution is -2.19. The van der Waals surface area contributed by atoms with Crippen molar-refractivity contribution in [3.63, 3.8) is 0 Å². The van der Waals surface area contributed by atoms with Crippen LogP contribution in [0.25, 0.3) is 0 Å². The van der Waals surface area contributed by atoms with Crippen LogP contribution in [0.1, 0.15) is 25.1 Å². The van der Waals surface area contributed by atoms with Crippen LogP contribution < -0.4 is 5.32 Å². The van der Waals surface area contributed by atoms with E-state index in [0.29, 0.717) is 19.1 Å². The quantitative estimate of drug-likeness (QED) is 0.426. The predicted molar refractivity (Wildman–Crippen MR) is 73.0 cm³/mol. The molecule has 1 rings (SSSR count). The molecule has 0 radical (unpaired) electrons. The van der Waals surface area contributed by atoms with Gasteiger partial charge in [0.2, 0.25) is 0 Å². The molecule has 0 aliphatic heterocycles. The van der Waals surface area contributed by atoms with Gasteiger partial charge in [0, 0.05) is 30.6 Å². The summed E-state index contributed by atoms with van der Waals surface area (Å²) in [5, 5.41) is 13.9. The molecule has 0 aromatic carbocycles. The number of ether oxygens (including phenoxy) is 1. The van der Waals surface area contributed by atoms with E-state index in [1.165, 1.54) is 11.3 Å². The first-order valence-electron chi connectivity index (χ1n) is 6.11. The van der Waals surface area contributed by atoms with Crippen molar-refractivity contribution < 1.29 is 9.66 Å². The number of hydrogen-bond donors (Lipinski definition) is 1. The second-order valence-electron chi connectivity index (χ2n) is 4.47. The molecule has 0 unspecified atom stereocenters. The highest BCUT2D eigenvalue weighted by atomic mass is 32.1. The van der Waals surface area contributed by atoms with Crippen LogP contribution in [-0.4, -0.2) is 24.7 Å². The number of rotatable bonds is 9. The third-order valence-corrected chi connectivity index (χ3v) is 3.43. The van der Waals surface area contributed by atoms with Crippen LogP contribution in [-0.2, 0) is 11.3 Å². The van der Waals surface area contributed by atoms with Crippen molar-refractivity contribution in [2.75, 3.05) is 19.8 Å². The molecule has 1 aromatic rings. The highest BCUT2D eigenvalue weighted by Gasteiger charge is 2.08. The SMILES string of the molecule is CC(C)CCOCCNCc1ccc([N+](=O)[O-])s1. The molecule has 0 aliphatic rings. The Bertz CT molecular complexity index is 366. The molecule has 1 N–H and O–H groups in total. The van der Waals surface area contributed by atoms with Crippen molar-refractivity contribution in [2.24, 2.45) is 5.92 Å². The van der Waals surface area contributed by atoms with Crippen molar-refractivity contribution in [2.45, 2.75) is 26.8 Å². The molecule has 5 nitrogen and oxygen atoms in total. The van der Waals surface area contributed by atoms with Gasteiger partial charge in [-0.05, 0) is 18.4 Å². The molecule has 1 aromatic heterocycles. The summed E-state index contributed by atoms with van der Waals surface area (Å²) < 4.78 is 5.46. The maximum absolute atomic E-state index is 10.5. The molecule has 18 heavy (non-hydrogen) atoms. The summed E-state index contributed by atoms with van der Waals surface area (Å²) in [5.41, 5.74) is 0. The van der Waals surface area contributed by atoms with E-state index in [9.17, 15) is 10.1 Å². The van der Waals surface area contributed by atoms with Gasteiger partial charge in [-0.2, -0.15) is 0 Å². The van der Waals surface area contributed by atoms with E-state index in [0.717, 1.165) is 24.4 Å². The van der Waals surface area contributed by atoms with Gasteiger partial charge in [0.05, 0.1) is 11.5 Å². The minimum Gasteiger partial charge on any atom is -0.380 e. The maximum atomic E-state index is 10.5. The molecule has 102 valence electrons. The standard InChI is InChI=1S/C12H20N2O3S/c1-10(2)5-7-17-8-6-13-9-11-3-4-12(18-11)14(15)16/h3-4,10,13H,5-9H2,1-2H3. The number of nitro groups is 1. The van der Waals surface area contributed by atoms with Gasteiger partial charge in [0.15, 0.2) is 0 Å². The molecule has 1 heterocycles. The van der Waals surface area contributed by atoms with Crippen molar-refractivity contribution in [3.8, 4) is 0 Å². The normalized spacial score (nSPS) is 11.1. The fraction of sp³-hybridized carbons (Fsp3) is 0.667. The van der Waals surface area contributed by atoms with Crippen LogP contribution in [0.2, 0.25) is 0 Å². The highest BCUT2D eigenvalue weighted by Crippen LogP contribution is 2.23. The summed E-state index contributed by atoms with van der Waals surface area (Å²) in [6.07, 6.45) is 1.08. The predicted octanol–water partition coefficient (Wildman–Crippen LogP) is 2.81. The summed E-state index contributed by atoms with van der Waals surface area (Å²) in [5.74, 6) is 0.671. The molecule has 6 heteroatoms. The maximum Gasteiger partial charge on any atom is 0.324 e. The van der Waals surface area contributed by atoms with Crippen molar-refractivity contribution in [1.29, 1.82) is 0 Å². The Balaban J connectivity index is 2.05. The Hall–Kier alpha value is -0.980. The van der Waals surface area contributed by atoms with E-state index < -0.39 is 0 Å². The lowest BCUT2D eigenvalue weighted by molar-refractivity contribution is -0.380. The highest BCUT2D eigenvalue weighted by molar-refractivity contribution is 7.15. The van der Waals surface area contributed by atoms with Gasteiger partial charge in [-0.3, -0.25) is 10.1 Å². The molecule has 0 amide bonds. The fourth-order valence-corrected chi connectivity index (χ4v) is 2.13. The zero-order valence-corrected chi connectivity index (χ0v) is 11.7. The summed E-state index contributed by atoms with van der Waals surface area (Å²) in [6.45, 7) is 7.25. The average Bonchev–Trinajstić information content (AvgIpc) is 2.76. The molecule has 0 aliphatic carbocycles. The number of thiophene rings is 1. The molecule has 0 bridgehead atoms. The van der Waals surface area contributed by atoms with Crippen LogP contribution in [0.4, 0.5) is 5.00 Å². The van der Waals surface area contributed by atoms with E-state index in [-0.39, 0.29) is 9.92 Å². The monoisotopic (exact) mass is 272 g/mol.